The number of ether oxygens (including phenoxy) is 2. The van der Waals surface area contributed by atoms with Gasteiger partial charge in [-0.05, 0) is 12.1 Å². The second-order valence-electron chi connectivity index (χ2n) is 4.29. The molecule has 98 valence electrons. The Kier molecular flexibility index (Phi) is 3.72. The van der Waals surface area contributed by atoms with Gasteiger partial charge in [0.1, 0.15) is 11.5 Å². The molecule has 0 saturated carbocycles. The molecular weight excluding hydrogens is 232 g/mol. The molecule has 1 heterocycles. The minimum absolute atomic E-state index is 0.0610. The van der Waals surface area contributed by atoms with Crippen molar-refractivity contribution < 1.29 is 14.3 Å². The van der Waals surface area contributed by atoms with E-state index in [2.05, 4.69) is 5.32 Å². The number of carbonyl (C=O) groups excluding carboxylic acids is 1. The molecule has 0 unspecified atom stereocenters. The van der Waals surface area contributed by atoms with E-state index in [4.69, 9.17) is 9.47 Å². The van der Waals surface area contributed by atoms with Gasteiger partial charge in [-0.1, -0.05) is 0 Å². The molecule has 0 spiro atoms. The zero-order valence-corrected chi connectivity index (χ0v) is 10.9. The molecule has 0 aromatic heterocycles. The van der Waals surface area contributed by atoms with E-state index in [1.165, 1.54) is 0 Å². The van der Waals surface area contributed by atoms with E-state index in [0.717, 1.165) is 18.8 Å². The predicted molar refractivity (Wildman–Crippen MR) is 69.3 cm³/mol. The number of carbonyl (C=O) groups is 1. The van der Waals surface area contributed by atoms with Crippen LogP contribution in [0.5, 0.6) is 11.5 Å². The minimum Gasteiger partial charge on any atom is -0.497 e. The summed E-state index contributed by atoms with van der Waals surface area (Å²) in [5.41, 5.74) is 0.730. The summed E-state index contributed by atoms with van der Waals surface area (Å²) in [5, 5.41) is 3.10. The van der Waals surface area contributed by atoms with Crippen molar-refractivity contribution in [2.75, 3.05) is 39.3 Å². The summed E-state index contributed by atoms with van der Waals surface area (Å²) in [5.74, 6) is 1.53. The summed E-state index contributed by atoms with van der Waals surface area (Å²) in [6, 6.07) is 5.42. The number of methoxy groups -OCH3 is 2. The Morgan fingerprint density at radius 2 is 2.06 bits per heavy atom. The van der Waals surface area contributed by atoms with Gasteiger partial charge in [0.05, 0.1) is 25.8 Å². The molecule has 0 radical (unpaired) electrons. The lowest BCUT2D eigenvalue weighted by atomic mass is 10.0. The number of amides is 1. The van der Waals surface area contributed by atoms with Gasteiger partial charge >= 0.3 is 0 Å². The summed E-state index contributed by atoms with van der Waals surface area (Å²) in [7, 11) is 4.95. The lowest BCUT2D eigenvalue weighted by Gasteiger charge is -2.31. The minimum atomic E-state index is 0.0610. The van der Waals surface area contributed by atoms with Crippen LogP contribution in [0.25, 0.3) is 0 Å². The summed E-state index contributed by atoms with van der Waals surface area (Å²) in [6.45, 7) is 1.49. The molecule has 0 atom stereocenters. The van der Waals surface area contributed by atoms with E-state index >= 15 is 0 Å². The van der Waals surface area contributed by atoms with Crippen LogP contribution in [0.4, 0.5) is 5.69 Å². The Balaban J connectivity index is 2.26. The fraction of sp³-hybridized carbons (Fsp3) is 0.462. The molecule has 1 fully saturated rings. The lowest BCUT2D eigenvalue weighted by Crippen LogP contribution is -2.51. The number of hydrogen-bond donors (Lipinski definition) is 1. The van der Waals surface area contributed by atoms with Crippen molar-refractivity contribution in [1.82, 2.24) is 5.32 Å². The fourth-order valence-corrected chi connectivity index (χ4v) is 1.91. The van der Waals surface area contributed by atoms with Gasteiger partial charge in [-0.3, -0.25) is 4.79 Å². The van der Waals surface area contributed by atoms with E-state index in [-0.39, 0.29) is 11.8 Å². The van der Waals surface area contributed by atoms with Crippen molar-refractivity contribution in [3.63, 3.8) is 0 Å². The number of anilines is 1. The largest absolute Gasteiger partial charge is 0.497 e. The van der Waals surface area contributed by atoms with Gasteiger partial charge in [-0.15, -0.1) is 0 Å². The first-order chi connectivity index (χ1) is 8.67. The van der Waals surface area contributed by atoms with Crippen LogP contribution >= 0.6 is 0 Å². The monoisotopic (exact) mass is 250 g/mol. The van der Waals surface area contributed by atoms with Crippen LogP contribution in [-0.4, -0.2) is 40.3 Å². The molecule has 0 aliphatic carbocycles. The van der Waals surface area contributed by atoms with E-state index < -0.39 is 0 Å². The van der Waals surface area contributed by atoms with E-state index in [0.29, 0.717) is 11.5 Å². The Hall–Kier alpha value is -1.75. The quantitative estimate of drug-likeness (QED) is 0.862. The van der Waals surface area contributed by atoms with E-state index in [9.17, 15) is 4.79 Å². The highest BCUT2D eigenvalue weighted by Crippen LogP contribution is 2.32. The van der Waals surface area contributed by atoms with Gasteiger partial charge in [-0.2, -0.15) is 0 Å². The molecule has 1 saturated heterocycles. The predicted octanol–water partition coefficient (Wildman–Crippen LogP) is 0.886. The Morgan fingerprint density at radius 3 is 2.56 bits per heavy atom. The molecule has 1 amide bonds. The van der Waals surface area contributed by atoms with Crippen molar-refractivity contribution in [2.45, 2.75) is 0 Å². The highest BCUT2D eigenvalue weighted by atomic mass is 16.5. The molecule has 5 nitrogen and oxygen atoms in total. The first kappa shape index (κ1) is 12.7. The molecule has 5 heteroatoms. The number of nitrogens with one attached hydrogen (secondary N) is 1. The van der Waals surface area contributed by atoms with Crippen LogP contribution in [-0.2, 0) is 4.79 Å². The van der Waals surface area contributed by atoms with Crippen molar-refractivity contribution in [2.24, 2.45) is 5.92 Å². The maximum absolute atomic E-state index is 12.2. The number of nitrogens with zero attached hydrogens (tertiary/aromatic N) is 1. The van der Waals surface area contributed by atoms with Crippen molar-refractivity contribution >= 4 is 11.6 Å². The third-order valence-corrected chi connectivity index (χ3v) is 3.21. The zero-order chi connectivity index (χ0) is 13.1. The van der Waals surface area contributed by atoms with Gasteiger partial charge < -0.3 is 19.7 Å². The smallest absolute Gasteiger partial charge is 0.232 e. The average Bonchev–Trinajstić information content (AvgIpc) is 2.34. The number of benzene rings is 1. The molecule has 2 rings (SSSR count). The lowest BCUT2D eigenvalue weighted by molar-refractivity contribution is -0.123. The van der Waals surface area contributed by atoms with Crippen LogP contribution in [0.1, 0.15) is 0 Å². The van der Waals surface area contributed by atoms with Crippen LogP contribution in [0, 0.1) is 5.92 Å². The van der Waals surface area contributed by atoms with Crippen molar-refractivity contribution in [3.8, 4) is 11.5 Å². The number of rotatable bonds is 4. The second-order valence-corrected chi connectivity index (χ2v) is 4.29. The summed E-state index contributed by atoms with van der Waals surface area (Å²) in [6.07, 6.45) is 0. The molecular formula is C13H18N2O3. The second kappa shape index (κ2) is 5.27. The van der Waals surface area contributed by atoms with E-state index in [1.807, 2.05) is 12.1 Å². The summed E-state index contributed by atoms with van der Waals surface area (Å²) in [4.78, 5) is 13.8. The molecule has 1 aliphatic heterocycles. The first-order valence-electron chi connectivity index (χ1n) is 5.87. The van der Waals surface area contributed by atoms with Crippen LogP contribution in [0.15, 0.2) is 18.2 Å². The zero-order valence-electron chi connectivity index (χ0n) is 10.9. The third-order valence-electron chi connectivity index (χ3n) is 3.21. The molecule has 1 N–H and O–H groups in total. The van der Waals surface area contributed by atoms with Gasteiger partial charge in [0.15, 0.2) is 0 Å². The Labute approximate surface area is 107 Å². The van der Waals surface area contributed by atoms with Gasteiger partial charge in [0, 0.05) is 26.2 Å². The van der Waals surface area contributed by atoms with Crippen LogP contribution in [0.2, 0.25) is 0 Å². The average molecular weight is 250 g/mol. The maximum atomic E-state index is 12.2. The highest BCUT2D eigenvalue weighted by molar-refractivity contribution is 5.96. The first-order valence-corrected chi connectivity index (χ1v) is 5.87. The Bertz CT molecular complexity index is 444. The molecule has 1 aromatic rings. The van der Waals surface area contributed by atoms with Gasteiger partial charge in [-0.25, -0.2) is 0 Å². The number of hydrogen-bond acceptors (Lipinski definition) is 4. The molecule has 1 aliphatic rings. The highest BCUT2D eigenvalue weighted by Gasteiger charge is 2.29. The van der Waals surface area contributed by atoms with Gasteiger partial charge in [0.2, 0.25) is 5.91 Å². The van der Waals surface area contributed by atoms with Crippen molar-refractivity contribution in [3.05, 3.63) is 18.2 Å². The van der Waals surface area contributed by atoms with Crippen LogP contribution < -0.4 is 19.7 Å². The third kappa shape index (κ3) is 2.26. The van der Waals surface area contributed by atoms with Crippen LogP contribution in [0.3, 0.4) is 0 Å². The Morgan fingerprint density at radius 1 is 1.33 bits per heavy atom. The summed E-state index contributed by atoms with van der Waals surface area (Å²) < 4.78 is 10.5. The SMILES string of the molecule is COc1ccc(OC)c(N(C)C(=O)C2CNC2)c1. The molecule has 18 heavy (non-hydrogen) atoms. The maximum Gasteiger partial charge on any atom is 0.232 e. The summed E-state index contributed by atoms with van der Waals surface area (Å²) >= 11 is 0. The normalized spacial score (nSPS) is 14.8. The fourth-order valence-electron chi connectivity index (χ4n) is 1.91. The van der Waals surface area contributed by atoms with Crippen molar-refractivity contribution in [1.29, 1.82) is 0 Å². The molecule has 1 aromatic carbocycles. The van der Waals surface area contributed by atoms with Gasteiger partial charge in [0.25, 0.3) is 0 Å². The van der Waals surface area contributed by atoms with E-state index in [1.54, 1.807) is 32.2 Å². The standard InChI is InChI=1S/C13H18N2O3/c1-15(13(16)9-7-14-8-9)11-6-10(17-2)4-5-12(11)18-3/h4-6,9,14H,7-8H2,1-3H3. The topological polar surface area (TPSA) is 50.8 Å². The molecule has 0 bridgehead atoms.